The molecule has 0 saturated carbocycles. The van der Waals surface area contributed by atoms with Gasteiger partial charge >= 0.3 is 0 Å². The Labute approximate surface area is 172 Å². The number of benzene rings is 2. The second-order valence-corrected chi connectivity index (χ2v) is 7.44. The smallest absolute Gasteiger partial charge is 0.144 e. The summed E-state index contributed by atoms with van der Waals surface area (Å²) in [5.41, 5.74) is 7.95. The Hall–Kier alpha value is -3.27. The molecule has 0 aliphatic carbocycles. The Morgan fingerprint density at radius 1 is 1.00 bits per heavy atom. The monoisotopic (exact) mass is 389 g/mol. The maximum absolute atomic E-state index is 10.4. The van der Waals surface area contributed by atoms with E-state index in [2.05, 4.69) is 13.5 Å². The molecule has 0 aliphatic rings. The standard InChI is InChI=1S/C25H27NO3/c1-15-8-6-7-9-21(15)25-23(28)11-10-20(26-25)13-22-16(2)12-24(19(5)18(22)4)29-14-17(3)27/h6-12,27-28H,3,13-14H2,1-2,4-5H3. The molecular weight excluding hydrogens is 362 g/mol. The van der Waals surface area contributed by atoms with Gasteiger partial charge in [-0.15, -0.1) is 0 Å². The Kier molecular flexibility index (Phi) is 5.92. The molecule has 29 heavy (non-hydrogen) atoms. The van der Waals surface area contributed by atoms with Crippen LogP contribution in [-0.4, -0.2) is 21.8 Å². The number of aromatic nitrogens is 1. The molecule has 1 heterocycles. The molecule has 3 aromatic rings. The van der Waals surface area contributed by atoms with Crippen LogP contribution >= 0.6 is 0 Å². The van der Waals surface area contributed by atoms with E-state index in [1.165, 1.54) is 5.56 Å². The van der Waals surface area contributed by atoms with Gasteiger partial charge < -0.3 is 14.9 Å². The number of aliphatic hydroxyl groups excluding tert-OH is 1. The van der Waals surface area contributed by atoms with Crippen molar-refractivity contribution in [3.63, 3.8) is 0 Å². The lowest BCUT2D eigenvalue weighted by Crippen LogP contribution is -2.06. The van der Waals surface area contributed by atoms with E-state index >= 15 is 0 Å². The fraction of sp³-hybridized carbons (Fsp3) is 0.240. The van der Waals surface area contributed by atoms with Gasteiger partial charge in [0.05, 0.1) is 0 Å². The minimum Gasteiger partial charge on any atom is -0.509 e. The van der Waals surface area contributed by atoms with Gasteiger partial charge in [0.2, 0.25) is 0 Å². The normalized spacial score (nSPS) is 10.8. The molecule has 2 N–H and O–H groups in total. The number of pyridine rings is 1. The third-order valence-electron chi connectivity index (χ3n) is 5.29. The molecule has 4 nitrogen and oxygen atoms in total. The van der Waals surface area contributed by atoms with E-state index in [-0.39, 0.29) is 18.1 Å². The average Bonchev–Trinajstić information content (AvgIpc) is 2.68. The Morgan fingerprint density at radius 2 is 1.72 bits per heavy atom. The predicted octanol–water partition coefficient (Wildman–Crippen LogP) is 5.73. The number of hydrogen-bond acceptors (Lipinski definition) is 4. The molecule has 4 heteroatoms. The highest BCUT2D eigenvalue weighted by Crippen LogP contribution is 2.32. The number of aromatic hydroxyl groups is 1. The number of nitrogens with zero attached hydrogens (tertiary/aromatic N) is 1. The zero-order chi connectivity index (χ0) is 21.1. The summed E-state index contributed by atoms with van der Waals surface area (Å²) in [7, 11) is 0. The van der Waals surface area contributed by atoms with Crippen molar-refractivity contribution in [3.8, 4) is 22.8 Å². The molecular formula is C25H27NO3. The molecule has 0 aliphatic heterocycles. The van der Waals surface area contributed by atoms with Gasteiger partial charge in [0.15, 0.2) is 0 Å². The summed E-state index contributed by atoms with van der Waals surface area (Å²) in [5, 5.41) is 19.7. The third kappa shape index (κ3) is 4.43. The van der Waals surface area contributed by atoms with Crippen LogP contribution in [-0.2, 0) is 6.42 Å². The molecule has 0 unspecified atom stereocenters. The molecule has 2 aromatic carbocycles. The molecule has 1 aromatic heterocycles. The van der Waals surface area contributed by atoms with Crippen molar-refractivity contribution >= 4 is 0 Å². The number of rotatable bonds is 6. The molecule has 0 fully saturated rings. The topological polar surface area (TPSA) is 62.6 Å². The van der Waals surface area contributed by atoms with Crippen LogP contribution in [0.4, 0.5) is 0 Å². The summed E-state index contributed by atoms with van der Waals surface area (Å²) in [4.78, 5) is 4.77. The number of ether oxygens (including phenoxy) is 1. The number of hydrogen-bond donors (Lipinski definition) is 2. The van der Waals surface area contributed by atoms with Crippen molar-refractivity contribution < 1.29 is 14.9 Å². The van der Waals surface area contributed by atoms with Gasteiger partial charge in [-0.2, -0.15) is 0 Å². The number of aliphatic hydroxyl groups is 1. The predicted molar refractivity (Wildman–Crippen MR) is 117 cm³/mol. The lowest BCUT2D eigenvalue weighted by molar-refractivity contribution is 0.270. The first kappa shape index (κ1) is 20.5. The largest absolute Gasteiger partial charge is 0.509 e. The van der Waals surface area contributed by atoms with Crippen LogP contribution in [0.25, 0.3) is 11.3 Å². The molecule has 3 rings (SSSR count). The molecule has 0 bridgehead atoms. The summed E-state index contributed by atoms with van der Waals surface area (Å²) in [6, 6.07) is 13.5. The number of aryl methyl sites for hydroxylation is 2. The Morgan fingerprint density at radius 3 is 2.41 bits per heavy atom. The van der Waals surface area contributed by atoms with Gasteiger partial charge in [-0.05, 0) is 73.7 Å². The lowest BCUT2D eigenvalue weighted by atomic mass is 9.93. The average molecular weight is 389 g/mol. The van der Waals surface area contributed by atoms with E-state index in [4.69, 9.17) is 9.72 Å². The van der Waals surface area contributed by atoms with Gasteiger partial charge in [0, 0.05) is 17.7 Å². The summed E-state index contributed by atoms with van der Waals surface area (Å²) < 4.78 is 5.67. The Bertz CT molecular complexity index is 1070. The van der Waals surface area contributed by atoms with Gasteiger partial charge in [-0.1, -0.05) is 30.8 Å². The van der Waals surface area contributed by atoms with E-state index in [0.717, 1.165) is 39.3 Å². The summed E-state index contributed by atoms with van der Waals surface area (Å²) in [6.07, 6.45) is 0.657. The van der Waals surface area contributed by atoms with E-state index < -0.39 is 0 Å². The minimum absolute atomic E-state index is 0.000751. The van der Waals surface area contributed by atoms with Crippen molar-refractivity contribution in [3.05, 3.63) is 88.3 Å². The highest BCUT2D eigenvalue weighted by Gasteiger charge is 2.15. The van der Waals surface area contributed by atoms with Crippen LogP contribution < -0.4 is 4.74 Å². The first-order valence-electron chi connectivity index (χ1n) is 9.62. The summed E-state index contributed by atoms with van der Waals surface area (Å²) in [5.74, 6) is 0.930. The molecule has 0 atom stereocenters. The van der Waals surface area contributed by atoms with Crippen molar-refractivity contribution in [2.45, 2.75) is 34.1 Å². The molecule has 0 radical (unpaired) electrons. The van der Waals surface area contributed by atoms with Crippen LogP contribution in [0.1, 0.15) is 33.5 Å². The first-order chi connectivity index (χ1) is 13.8. The van der Waals surface area contributed by atoms with E-state index in [0.29, 0.717) is 12.1 Å². The van der Waals surface area contributed by atoms with Crippen LogP contribution in [0.3, 0.4) is 0 Å². The SMILES string of the molecule is C=C(O)COc1cc(C)c(Cc2ccc(O)c(-c3ccccc3C)n2)c(C)c1C. The van der Waals surface area contributed by atoms with Crippen molar-refractivity contribution in [1.29, 1.82) is 0 Å². The van der Waals surface area contributed by atoms with Crippen molar-refractivity contribution in [2.75, 3.05) is 6.61 Å². The highest BCUT2D eigenvalue weighted by atomic mass is 16.5. The fourth-order valence-corrected chi connectivity index (χ4v) is 3.49. The van der Waals surface area contributed by atoms with Gasteiger partial charge in [-0.25, -0.2) is 4.98 Å². The third-order valence-corrected chi connectivity index (χ3v) is 5.29. The van der Waals surface area contributed by atoms with Crippen LogP contribution in [0.5, 0.6) is 11.5 Å². The maximum atomic E-state index is 10.4. The molecule has 0 spiro atoms. The molecule has 150 valence electrons. The molecule has 0 saturated heterocycles. The van der Waals surface area contributed by atoms with Crippen molar-refractivity contribution in [1.82, 2.24) is 4.98 Å². The summed E-state index contributed by atoms with van der Waals surface area (Å²) in [6.45, 7) is 11.7. The quantitative estimate of drug-likeness (QED) is 0.529. The highest BCUT2D eigenvalue weighted by molar-refractivity contribution is 5.69. The van der Waals surface area contributed by atoms with E-state index in [1.54, 1.807) is 6.07 Å². The lowest BCUT2D eigenvalue weighted by Gasteiger charge is -2.17. The second kappa shape index (κ2) is 8.39. The van der Waals surface area contributed by atoms with Crippen molar-refractivity contribution in [2.24, 2.45) is 0 Å². The van der Waals surface area contributed by atoms with Crippen LogP contribution in [0, 0.1) is 27.7 Å². The first-order valence-corrected chi connectivity index (χ1v) is 9.62. The zero-order valence-electron chi connectivity index (χ0n) is 17.4. The fourth-order valence-electron chi connectivity index (χ4n) is 3.49. The van der Waals surface area contributed by atoms with Gasteiger partial charge in [-0.3, -0.25) is 0 Å². The van der Waals surface area contributed by atoms with Gasteiger partial charge in [0.1, 0.15) is 29.6 Å². The Balaban J connectivity index is 1.97. The van der Waals surface area contributed by atoms with Crippen LogP contribution in [0.15, 0.2) is 54.8 Å². The van der Waals surface area contributed by atoms with E-state index in [9.17, 15) is 10.2 Å². The summed E-state index contributed by atoms with van der Waals surface area (Å²) >= 11 is 0. The minimum atomic E-state index is 0.000751. The maximum Gasteiger partial charge on any atom is 0.144 e. The van der Waals surface area contributed by atoms with Crippen LogP contribution in [0.2, 0.25) is 0 Å². The second-order valence-electron chi connectivity index (χ2n) is 7.44. The zero-order valence-corrected chi connectivity index (χ0v) is 17.4. The molecule has 0 amide bonds. The van der Waals surface area contributed by atoms with Gasteiger partial charge in [0.25, 0.3) is 0 Å². The van der Waals surface area contributed by atoms with E-state index in [1.807, 2.05) is 57.2 Å².